The maximum atomic E-state index is 13.8. The van der Waals surface area contributed by atoms with Gasteiger partial charge < -0.3 is 24.3 Å². The number of benzene rings is 2. The van der Waals surface area contributed by atoms with Crippen molar-refractivity contribution in [1.82, 2.24) is 24.8 Å². The molecule has 2 aromatic carbocycles. The molecule has 2 aromatic heterocycles. The molecule has 2 N–H and O–H groups in total. The number of ether oxygens (including phenoxy) is 2. The fourth-order valence-electron chi connectivity index (χ4n) is 5.22. The van der Waals surface area contributed by atoms with E-state index < -0.39 is 12.1 Å². The maximum Gasteiger partial charge on any atom is 0.413 e. The number of pyridine rings is 1. The smallest absolute Gasteiger partial charge is 0.413 e. The van der Waals surface area contributed by atoms with Crippen molar-refractivity contribution in [3.05, 3.63) is 71.7 Å². The van der Waals surface area contributed by atoms with Crippen LogP contribution < -0.4 is 10.1 Å². The summed E-state index contributed by atoms with van der Waals surface area (Å²) in [4.78, 5) is 52.7. The predicted octanol–water partition coefficient (Wildman–Crippen LogP) is 4.66. The zero-order valence-corrected chi connectivity index (χ0v) is 22.2. The van der Waals surface area contributed by atoms with Gasteiger partial charge in [-0.25, -0.2) is 19.0 Å². The quantitative estimate of drug-likeness (QED) is 0.374. The Kier molecular flexibility index (Phi) is 6.96. The van der Waals surface area contributed by atoms with Crippen molar-refractivity contribution in [2.45, 2.75) is 25.4 Å². The SMILES string of the molecule is COC(=O)Nc1nc2ncc(-c3ccc4c(c3)CN(C(=O)N3CCC(=O)CC3c3ccc(F)cc3)CCO4)cc2[nH]1. The fourth-order valence-corrected chi connectivity index (χ4v) is 5.22. The van der Waals surface area contributed by atoms with Gasteiger partial charge in [0.25, 0.3) is 0 Å². The number of rotatable bonds is 3. The van der Waals surface area contributed by atoms with Crippen molar-refractivity contribution in [1.29, 1.82) is 0 Å². The van der Waals surface area contributed by atoms with Crippen LogP contribution in [-0.2, 0) is 16.1 Å². The van der Waals surface area contributed by atoms with E-state index in [0.717, 1.165) is 22.3 Å². The van der Waals surface area contributed by atoms with Crippen molar-refractivity contribution < 1.29 is 28.2 Å². The van der Waals surface area contributed by atoms with Crippen LogP contribution in [0.5, 0.6) is 5.75 Å². The molecule has 210 valence electrons. The van der Waals surface area contributed by atoms with Crippen molar-refractivity contribution in [3.63, 3.8) is 0 Å². The molecule has 0 saturated carbocycles. The van der Waals surface area contributed by atoms with Gasteiger partial charge in [-0.3, -0.25) is 10.1 Å². The van der Waals surface area contributed by atoms with Crippen LogP contribution in [-0.4, -0.2) is 69.5 Å². The van der Waals surface area contributed by atoms with Gasteiger partial charge in [-0.2, -0.15) is 4.98 Å². The second-order valence-corrected chi connectivity index (χ2v) is 9.93. The molecule has 41 heavy (non-hydrogen) atoms. The number of ketones is 1. The van der Waals surface area contributed by atoms with Gasteiger partial charge in [0.05, 0.1) is 31.8 Å². The highest BCUT2D eigenvalue weighted by molar-refractivity contribution is 5.86. The first kappa shape index (κ1) is 26.2. The summed E-state index contributed by atoms with van der Waals surface area (Å²) in [7, 11) is 1.27. The molecule has 1 unspecified atom stereocenters. The van der Waals surface area contributed by atoms with Crippen LogP contribution in [0, 0.1) is 5.82 Å². The first-order valence-electron chi connectivity index (χ1n) is 13.2. The number of aromatic amines is 1. The second-order valence-electron chi connectivity index (χ2n) is 9.93. The second kappa shape index (κ2) is 10.9. The molecule has 2 aliphatic heterocycles. The number of halogens is 1. The van der Waals surface area contributed by atoms with Crippen LogP contribution in [0.3, 0.4) is 0 Å². The number of piperidine rings is 1. The van der Waals surface area contributed by atoms with E-state index in [1.807, 2.05) is 24.3 Å². The molecule has 0 bridgehead atoms. The number of hydrogen-bond donors (Lipinski definition) is 2. The number of carbonyl (C=O) groups excluding carboxylic acids is 3. The van der Waals surface area contributed by atoms with E-state index in [1.165, 1.54) is 19.2 Å². The predicted molar refractivity (Wildman–Crippen MR) is 147 cm³/mol. The van der Waals surface area contributed by atoms with E-state index in [-0.39, 0.29) is 36.4 Å². The number of anilines is 1. The number of urea groups is 1. The number of carbonyl (C=O) groups is 3. The van der Waals surface area contributed by atoms with Crippen LogP contribution in [0.25, 0.3) is 22.3 Å². The number of imidazole rings is 1. The zero-order chi connectivity index (χ0) is 28.5. The van der Waals surface area contributed by atoms with Crippen molar-refractivity contribution in [2.24, 2.45) is 0 Å². The van der Waals surface area contributed by atoms with Gasteiger partial charge in [0, 0.05) is 36.7 Å². The Morgan fingerprint density at radius 2 is 1.95 bits per heavy atom. The van der Waals surface area contributed by atoms with E-state index in [4.69, 9.17) is 4.74 Å². The maximum absolute atomic E-state index is 13.8. The molecule has 2 aliphatic rings. The molecular weight excluding hydrogens is 531 g/mol. The molecule has 0 aliphatic carbocycles. The third-order valence-corrected chi connectivity index (χ3v) is 7.32. The Morgan fingerprint density at radius 1 is 1.12 bits per heavy atom. The van der Waals surface area contributed by atoms with Crippen LogP contribution in [0.15, 0.2) is 54.7 Å². The van der Waals surface area contributed by atoms with Crippen LogP contribution in [0.1, 0.15) is 30.0 Å². The molecule has 12 heteroatoms. The fraction of sp³-hybridized carbons (Fsp3) is 0.276. The highest BCUT2D eigenvalue weighted by Crippen LogP contribution is 2.33. The Hall–Kier alpha value is -5.00. The van der Waals surface area contributed by atoms with Gasteiger partial charge in [-0.05, 0) is 41.5 Å². The lowest BCUT2D eigenvalue weighted by Crippen LogP contribution is -2.48. The van der Waals surface area contributed by atoms with Crippen LogP contribution in [0.4, 0.5) is 19.9 Å². The average Bonchev–Trinajstić information content (AvgIpc) is 3.25. The normalized spacial score (nSPS) is 17.0. The zero-order valence-electron chi connectivity index (χ0n) is 22.2. The Morgan fingerprint density at radius 3 is 2.76 bits per heavy atom. The number of fused-ring (bicyclic) bond motifs is 2. The van der Waals surface area contributed by atoms with Crippen molar-refractivity contribution in [2.75, 3.05) is 32.1 Å². The highest BCUT2D eigenvalue weighted by atomic mass is 19.1. The molecule has 1 saturated heterocycles. The molecule has 3 amide bonds. The topological polar surface area (TPSA) is 130 Å². The van der Waals surface area contributed by atoms with Gasteiger partial charge in [-0.1, -0.05) is 18.2 Å². The summed E-state index contributed by atoms with van der Waals surface area (Å²) in [5, 5.41) is 2.49. The average molecular weight is 559 g/mol. The summed E-state index contributed by atoms with van der Waals surface area (Å²) in [5.41, 5.74) is 4.29. The third kappa shape index (κ3) is 5.40. The molecule has 0 radical (unpaired) electrons. The van der Waals surface area contributed by atoms with Crippen LogP contribution in [0.2, 0.25) is 0 Å². The minimum atomic E-state index is -0.644. The lowest BCUT2D eigenvalue weighted by Gasteiger charge is -2.38. The third-order valence-electron chi connectivity index (χ3n) is 7.32. The van der Waals surface area contributed by atoms with E-state index in [1.54, 1.807) is 28.1 Å². The first-order valence-corrected chi connectivity index (χ1v) is 13.2. The van der Waals surface area contributed by atoms with E-state index in [0.29, 0.717) is 43.2 Å². The lowest BCUT2D eigenvalue weighted by molar-refractivity contribution is -0.122. The van der Waals surface area contributed by atoms with Crippen molar-refractivity contribution in [3.8, 4) is 16.9 Å². The Bertz CT molecular complexity index is 1640. The number of likely N-dealkylation sites (tertiary alicyclic amines) is 1. The largest absolute Gasteiger partial charge is 0.491 e. The summed E-state index contributed by atoms with van der Waals surface area (Å²) in [6.07, 6.45) is 1.52. The monoisotopic (exact) mass is 558 g/mol. The first-order chi connectivity index (χ1) is 19.9. The standard InChI is InChI=1S/C29H27FN6O5/c1-40-28(38)34-27-32-23-13-19(15-31-26(23)33-27)18-4-7-25-20(12-18)16-35(10-11-41-25)29(39)36-9-8-22(37)14-24(36)17-2-5-21(30)6-3-17/h2-7,12-13,15,24H,8-11,14,16H2,1H3,(H2,31,32,33,34,38). The molecule has 0 spiro atoms. The molecule has 4 heterocycles. The summed E-state index contributed by atoms with van der Waals surface area (Å²) < 4.78 is 24.1. The lowest BCUT2D eigenvalue weighted by atomic mass is 9.94. The van der Waals surface area contributed by atoms with E-state index in [2.05, 4.69) is 25.0 Å². The molecule has 6 rings (SSSR count). The molecule has 1 fully saturated rings. The number of methoxy groups -OCH3 is 1. The van der Waals surface area contributed by atoms with Gasteiger partial charge in [0.2, 0.25) is 5.95 Å². The molecule has 11 nitrogen and oxygen atoms in total. The van der Waals surface area contributed by atoms with E-state index in [9.17, 15) is 18.8 Å². The number of aromatic nitrogens is 3. The van der Waals surface area contributed by atoms with Gasteiger partial charge >= 0.3 is 12.1 Å². The Labute approximate surface area is 234 Å². The number of Topliss-reactive ketones (excluding diaryl/α,β-unsaturated/α-hetero) is 1. The molecule has 1 atom stereocenters. The minimum Gasteiger partial charge on any atom is -0.491 e. The summed E-state index contributed by atoms with van der Waals surface area (Å²) >= 11 is 0. The number of nitrogens with zero attached hydrogens (tertiary/aromatic N) is 4. The summed E-state index contributed by atoms with van der Waals surface area (Å²) in [6.45, 7) is 1.31. The minimum absolute atomic E-state index is 0.0774. The van der Waals surface area contributed by atoms with Crippen molar-refractivity contribution >= 4 is 35.0 Å². The van der Waals surface area contributed by atoms with Crippen LogP contribution >= 0.6 is 0 Å². The van der Waals surface area contributed by atoms with Gasteiger partial charge in [-0.15, -0.1) is 0 Å². The number of nitrogens with one attached hydrogen (secondary N) is 2. The highest BCUT2D eigenvalue weighted by Gasteiger charge is 2.35. The Balaban J connectivity index is 1.25. The molecular formula is C29H27FN6O5. The van der Waals surface area contributed by atoms with E-state index >= 15 is 0 Å². The number of H-pyrrole nitrogens is 1. The molecule has 4 aromatic rings. The number of hydrogen-bond acceptors (Lipinski definition) is 7. The summed E-state index contributed by atoms with van der Waals surface area (Å²) in [6, 6.07) is 12.9. The number of amides is 3. The van der Waals surface area contributed by atoms with Gasteiger partial charge in [0.1, 0.15) is 24.0 Å². The summed E-state index contributed by atoms with van der Waals surface area (Å²) in [5.74, 6) is 0.618. The van der Waals surface area contributed by atoms with Gasteiger partial charge in [0.15, 0.2) is 5.65 Å².